The normalized spacial score (nSPS) is 10.3. The van der Waals surface area contributed by atoms with Crippen LogP contribution in [0.25, 0.3) is 0 Å². The van der Waals surface area contributed by atoms with Gasteiger partial charge in [0.1, 0.15) is 0 Å². The van der Waals surface area contributed by atoms with Gasteiger partial charge in [-0.05, 0) is 14.1 Å². The van der Waals surface area contributed by atoms with Crippen molar-refractivity contribution in [3.05, 3.63) is 89.5 Å². The summed E-state index contributed by atoms with van der Waals surface area (Å²) in [4.78, 5) is 0. The van der Waals surface area contributed by atoms with E-state index < -0.39 is 21.8 Å². The molecule has 0 aliphatic carbocycles. The summed E-state index contributed by atoms with van der Waals surface area (Å²) in [6.07, 6.45) is 0. The molecule has 0 heterocycles. The average Bonchev–Trinajstić information content (AvgIpc) is 2.60. The van der Waals surface area contributed by atoms with Gasteiger partial charge in [-0.1, -0.05) is 0 Å². The van der Waals surface area contributed by atoms with Crippen LogP contribution in [0.5, 0.6) is 0 Å². The van der Waals surface area contributed by atoms with Crippen molar-refractivity contribution in [2.45, 2.75) is 20.8 Å². The molecule has 0 saturated heterocycles. The third-order valence-electron chi connectivity index (χ3n) is 4.07. The summed E-state index contributed by atoms with van der Waals surface area (Å²) in [5.41, 5.74) is 4.31. The number of nitrogens with one attached hydrogen (secondary N) is 1. The van der Waals surface area contributed by atoms with Gasteiger partial charge in [-0.3, -0.25) is 0 Å². The fraction of sp³-hybridized carbons (Fsp3) is 0.217. The molecule has 3 aromatic rings. The summed E-state index contributed by atoms with van der Waals surface area (Å²) in [7, 11) is 3.75. The Hall–Kier alpha value is -1.50. The summed E-state index contributed by atoms with van der Waals surface area (Å²) >= 11 is -2.23. The van der Waals surface area contributed by atoms with Gasteiger partial charge in [0, 0.05) is 0 Å². The topological polar surface area (TPSA) is 12.0 Å². The Morgan fingerprint density at radius 2 is 0.760 bits per heavy atom. The quantitative estimate of drug-likeness (QED) is 0.517. The van der Waals surface area contributed by atoms with Gasteiger partial charge >= 0.3 is 142 Å². The zero-order chi connectivity index (χ0) is 18.2. The van der Waals surface area contributed by atoms with E-state index in [1.807, 2.05) is 14.1 Å². The van der Waals surface area contributed by atoms with Gasteiger partial charge in [-0.25, -0.2) is 0 Å². The number of benzene rings is 3. The van der Waals surface area contributed by atoms with Crippen molar-refractivity contribution in [1.82, 2.24) is 5.32 Å². The molecule has 0 unspecified atom stereocenters. The molecule has 0 atom stereocenters. The first-order valence-electron chi connectivity index (χ1n) is 8.65. The zero-order valence-electron chi connectivity index (χ0n) is 15.9. The fourth-order valence-electron chi connectivity index (χ4n) is 2.83. The van der Waals surface area contributed by atoms with Crippen molar-refractivity contribution in [3.63, 3.8) is 0 Å². The molecule has 130 valence electrons. The van der Waals surface area contributed by atoms with Crippen molar-refractivity contribution < 1.29 is 0 Å². The summed E-state index contributed by atoms with van der Waals surface area (Å²) in [6.45, 7) is 6.77. The molecule has 0 aliphatic heterocycles. The third kappa shape index (κ3) is 5.00. The molecule has 3 aromatic carbocycles. The van der Waals surface area contributed by atoms with Crippen LogP contribution in [0.15, 0.2) is 72.8 Å². The van der Waals surface area contributed by atoms with E-state index in [2.05, 4.69) is 98.9 Å². The number of hydrogen-bond donors (Lipinski definition) is 1. The Kier molecular flexibility index (Phi) is 7.81. The van der Waals surface area contributed by atoms with Gasteiger partial charge in [0.2, 0.25) is 0 Å². The van der Waals surface area contributed by atoms with Crippen LogP contribution in [0, 0.1) is 20.8 Å². The third-order valence-corrected chi connectivity index (χ3v) is 15.5. The Balaban J connectivity index is 0.000000701. The predicted molar refractivity (Wildman–Crippen MR) is 113 cm³/mol. The molecule has 0 radical (unpaired) electrons. The van der Waals surface area contributed by atoms with Crippen LogP contribution in [0.1, 0.15) is 16.7 Å². The van der Waals surface area contributed by atoms with Crippen molar-refractivity contribution in [2.75, 3.05) is 14.1 Å². The van der Waals surface area contributed by atoms with Crippen LogP contribution in [0.3, 0.4) is 0 Å². The predicted octanol–water partition coefficient (Wildman–Crippen LogP) is 2.96. The summed E-state index contributed by atoms with van der Waals surface area (Å²) in [6, 6.07) is 26.9. The second-order valence-electron chi connectivity index (χ2n) is 6.19. The summed E-state index contributed by atoms with van der Waals surface area (Å²) in [5.74, 6) is 0. The van der Waals surface area contributed by atoms with Crippen LogP contribution in [0.4, 0.5) is 0 Å². The second kappa shape index (κ2) is 9.85. The monoisotopic (exact) mass is 527 g/mol. The van der Waals surface area contributed by atoms with Crippen LogP contribution in [0.2, 0.25) is 0 Å². The van der Waals surface area contributed by atoms with Crippen molar-refractivity contribution in [2.24, 2.45) is 0 Å². The van der Waals surface area contributed by atoms with Gasteiger partial charge in [0.25, 0.3) is 0 Å². The second-order valence-corrected chi connectivity index (χ2v) is 14.4. The SMILES string of the molecule is CNC.Cc1cccc[c]1[Bi]([c]1ccccc1C)[c]1ccccc1C. The average molecular weight is 527 g/mol. The number of rotatable bonds is 3. The Bertz CT molecular complexity index is 702. The van der Waals surface area contributed by atoms with E-state index in [1.165, 1.54) is 16.7 Å². The van der Waals surface area contributed by atoms with E-state index in [0.717, 1.165) is 0 Å². The van der Waals surface area contributed by atoms with E-state index in [0.29, 0.717) is 0 Å². The number of hydrogen-bond acceptors (Lipinski definition) is 1. The molecule has 0 bridgehead atoms. The first-order valence-corrected chi connectivity index (χ1v) is 13.9. The summed E-state index contributed by atoms with van der Waals surface area (Å²) in [5, 5.41) is 2.75. The molecule has 0 aromatic heterocycles. The van der Waals surface area contributed by atoms with Gasteiger partial charge in [-0.15, -0.1) is 0 Å². The molecular weight excluding hydrogens is 499 g/mol. The minimum absolute atomic E-state index is 1.44. The van der Waals surface area contributed by atoms with E-state index in [-0.39, 0.29) is 0 Å². The van der Waals surface area contributed by atoms with Crippen LogP contribution in [-0.4, -0.2) is 35.8 Å². The van der Waals surface area contributed by atoms with Crippen molar-refractivity contribution >= 4 is 31.6 Å². The molecule has 0 aliphatic rings. The first kappa shape index (κ1) is 19.8. The van der Waals surface area contributed by atoms with Gasteiger partial charge in [-0.2, -0.15) is 0 Å². The molecule has 3 rings (SSSR count). The molecule has 1 N–H and O–H groups in total. The molecule has 25 heavy (non-hydrogen) atoms. The van der Waals surface area contributed by atoms with Crippen molar-refractivity contribution in [3.8, 4) is 0 Å². The molecule has 0 saturated carbocycles. The van der Waals surface area contributed by atoms with E-state index >= 15 is 0 Å². The van der Waals surface area contributed by atoms with Crippen LogP contribution < -0.4 is 15.1 Å². The van der Waals surface area contributed by atoms with E-state index in [1.54, 1.807) is 9.81 Å². The van der Waals surface area contributed by atoms with Gasteiger partial charge in [0.05, 0.1) is 0 Å². The van der Waals surface area contributed by atoms with E-state index in [4.69, 9.17) is 0 Å². The molecule has 0 fully saturated rings. The van der Waals surface area contributed by atoms with Gasteiger partial charge < -0.3 is 5.32 Å². The fourth-order valence-corrected chi connectivity index (χ4v) is 13.6. The number of aryl methyl sites for hydroxylation is 3. The maximum atomic E-state index is 2.75. The minimum atomic E-state index is -2.23. The van der Waals surface area contributed by atoms with E-state index in [9.17, 15) is 0 Å². The maximum absolute atomic E-state index is 2.75. The molecule has 0 amide bonds. The zero-order valence-corrected chi connectivity index (χ0v) is 19.4. The van der Waals surface area contributed by atoms with Crippen molar-refractivity contribution in [1.29, 1.82) is 0 Å². The summed E-state index contributed by atoms with van der Waals surface area (Å²) < 4.78 is 4.79. The molecular formula is C23H28BiN. The van der Waals surface area contributed by atoms with Crippen LogP contribution >= 0.6 is 0 Å². The molecule has 1 nitrogen and oxygen atoms in total. The molecule has 0 spiro atoms. The Labute approximate surface area is 160 Å². The van der Waals surface area contributed by atoms with Crippen LogP contribution in [-0.2, 0) is 0 Å². The molecule has 2 heteroatoms. The Morgan fingerprint density at radius 3 is 1.00 bits per heavy atom. The van der Waals surface area contributed by atoms with Gasteiger partial charge in [0.15, 0.2) is 0 Å². The first-order chi connectivity index (χ1) is 12.1. The Morgan fingerprint density at radius 1 is 0.520 bits per heavy atom. The standard InChI is InChI=1S/3C7H7.C2H7N.Bi/c3*1-7-5-3-2-4-6-7;1-3-2;/h3*2-5H,1H3;3H,1-2H3;.